The molecule has 5 nitrogen and oxygen atoms in total. The first-order valence-corrected chi connectivity index (χ1v) is 6.95. The monoisotopic (exact) mass is 250 g/mol. The number of rotatable bonds is 7. The molecule has 1 aliphatic rings. The van der Waals surface area contributed by atoms with Gasteiger partial charge in [0.2, 0.25) is 5.82 Å². The Labute approximate surface area is 108 Å². The van der Waals surface area contributed by atoms with Gasteiger partial charge in [-0.05, 0) is 25.2 Å². The minimum Gasteiger partial charge on any atom is -0.347 e. The average molecular weight is 250 g/mol. The summed E-state index contributed by atoms with van der Waals surface area (Å²) in [5.41, 5.74) is 0. The largest absolute Gasteiger partial charge is 0.347 e. The first kappa shape index (κ1) is 13.1. The fourth-order valence-corrected chi connectivity index (χ4v) is 2.08. The molecule has 1 aromatic rings. The summed E-state index contributed by atoms with van der Waals surface area (Å²) < 4.78 is 0. The molecule has 1 fully saturated rings. The van der Waals surface area contributed by atoms with Crippen molar-refractivity contribution < 1.29 is 4.79 Å². The number of nitrogens with one attached hydrogen (secondary N) is 2. The van der Waals surface area contributed by atoms with Gasteiger partial charge in [0, 0.05) is 12.5 Å². The number of nitrogens with zero attached hydrogens (tertiary/aromatic N) is 2. The molecule has 18 heavy (non-hydrogen) atoms. The Balaban J connectivity index is 1.88. The van der Waals surface area contributed by atoms with Crippen LogP contribution < -0.4 is 5.32 Å². The Bertz CT molecular complexity index is 397. The topological polar surface area (TPSA) is 70.7 Å². The van der Waals surface area contributed by atoms with Gasteiger partial charge in [0.15, 0.2) is 0 Å². The first-order valence-electron chi connectivity index (χ1n) is 6.95. The second-order valence-electron chi connectivity index (χ2n) is 5.11. The van der Waals surface area contributed by atoms with Crippen LogP contribution in [0.1, 0.15) is 62.4 Å². The van der Waals surface area contributed by atoms with Crippen LogP contribution in [0, 0.1) is 5.92 Å². The van der Waals surface area contributed by atoms with Gasteiger partial charge in [-0.3, -0.25) is 9.89 Å². The lowest BCUT2D eigenvalue weighted by atomic mass is 10.1. The molecule has 1 aliphatic carbocycles. The third kappa shape index (κ3) is 3.55. The van der Waals surface area contributed by atoms with Crippen LogP contribution >= 0.6 is 0 Å². The summed E-state index contributed by atoms with van der Waals surface area (Å²) in [6, 6.07) is 0.262. The van der Waals surface area contributed by atoms with E-state index in [1.54, 1.807) is 0 Å². The van der Waals surface area contributed by atoms with Crippen molar-refractivity contribution in [2.24, 2.45) is 5.92 Å². The fourth-order valence-electron chi connectivity index (χ4n) is 2.08. The van der Waals surface area contributed by atoms with Crippen LogP contribution in [0.25, 0.3) is 0 Å². The number of amides is 1. The molecule has 0 saturated heterocycles. The second-order valence-corrected chi connectivity index (χ2v) is 5.11. The van der Waals surface area contributed by atoms with Gasteiger partial charge in [-0.2, -0.15) is 0 Å². The highest BCUT2D eigenvalue weighted by atomic mass is 16.2. The van der Waals surface area contributed by atoms with Crippen molar-refractivity contribution in [3.05, 3.63) is 11.6 Å². The summed E-state index contributed by atoms with van der Waals surface area (Å²) in [7, 11) is 0. The number of carbonyl (C=O) groups excluding carboxylic acids is 1. The molecule has 100 valence electrons. The van der Waals surface area contributed by atoms with Gasteiger partial charge in [-0.1, -0.05) is 26.7 Å². The Morgan fingerprint density at radius 3 is 2.89 bits per heavy atom. The van der Waals surface area contributed by atoms with Gasteiger partial charge in [-0.15, -0.1) is 5.10 Å². The quantitative estimate of drug-likeness (QED) is 0.778. The summed E-state index contributed by atoms with van der Waals surface area (Å²) in [6.45, 7) is 4.18. The summed E-state index contributed by atoms with van der Waals surface area (Å²) >= 11 is 0. The van der Waals surface area contributed by atoms with E-state index in [-0.39, 0.29) is 17.8 Å². The minimum atomic E-state index is -0.152. The van der Waals surface area contributed by atoms with E-state index in [0.717, 1.165) is 37.4 Å². The van der Waals surface area contributed by atoms with E-state index < -0.39 is 0 Å². The number of aromatic amines is 1. The first-order chi connectivity index (χ1) is 8.72. The number of hydrogen-bond acceptors (Lipinski definition) is 3. The highest BCUT2D eigenvalue weighted by Crippen LogP contribution is 2.34. The Morgan fingerprint density at radius 2 is 2.28 bits per heavy atom. The van der Waals surface area contributed by atoms with E-state index in [1.807, 2.05) is 0 Å². The van der Waals surface area contributed by atoms with E-state index in [0.29, 0.717) is 0 Å². The van der Waals surface area contributed by atoms with Crippen molar-refractivity contribution in [2.45, 2.75) is 58.4 Å². The molecule has 0 radical (unpaired) electrons. The van der Waals surface area contributed by atoms with E-state index in [2.05, 4.69) is 34.3 Å². The smallest absolute Gasteiger partial charge is 0.291 e. The minimum absolute atomic E-state index is 0.152. The van der Waals surface area contributed by atoms with Crippen LogP contribution in [-0.2, 0) is 6.42 Å². The zero-order chi connectivity index (χ0) is 13.0. The summed E-state index contributed by atoms with van der Waals surface area (Å²) in [6.07, 6.45) is 6.51. The van der Waals surface area contributed by atoms with Crippen molar-refractivity contribution in [2.75, 3.05) is 0 Å². The third-order valence-corrected chi connectivity index (χ3v) is 3.36. The molecule has 1 atom stereocenters. The van der Waals surface area contributed by atoms with Crippen LogP contribution in [0.5, 0.6) is 0 Å². The van der Waals surface area contributed by atoms with Gasteiger partial charge in [-0.25, -0.2) is 4.98 Å². The maximum atomic E-state index is 12.0. The zero-order valence-corrected chi connectivity index (χ0v) is 11.2. The van der Waals surface area contributed by atoms with Gasteiger partial charge >= 0.3 is 0 Å². The van der Waals surface area contributed by atoms with E-state index in [4.69, 9.17) is 0 Å². The highest BCUT2D eigenvalue weighted by Gasteiger charge is 2.26. The van der Waals surface area contributed by atoms with Crippen LogP contribution in [0.4, 0.5) is 0 Å². The van der Waals surface area contributed by atoms with Crippen LogP contribution in [0.3, 0.4) is 0 Å². The van der Waals surface area contributed by atoms with Crippen molar-refractivity contribution in [3.8, 4) is 0 Å². The van der Waals surface area contributed by atoms with Gasteiger partial charge in [0.1, 0.15) is 5.82 Å². The molecule has 1 aromatic heterocycles. The molecule has 5 heteroatoms. The van der Waals surface area contributed by atoms with Gasteiger partial charge in [0.05, 0.1) is 0 Å². The van der Waals surface area contributed by atoms with Crippen molar-refractivity contribution in [1.82, 2.24) is 20.5 Å². The van der Waals surface area contributed by atoms with Gasteiger partial charge < -0.3 is 5.32 Å². The number of hydrogen-bond donors (Lipinski definition) is 2. The molecular weight excluding hydrogens is 228 g/mol. The molecule has 1 unspecified atom stereocenters. The molecule has 0 bridgehead atoms. The molecule has 1 saturated carbocycles. The molecule has 0 aliphatic heterocycles. The third-order valence-electron chi connectivity index (χ3n) is 3.36. The SMILES string of the molecule is CCCc1nc(C(=O)NC(CC)CC2CC2)n[nH]1. The summed E-state index contributed by atoms with van der Waals surface area (Å²) in [5.74, 6) is 1.73. The predicted octanol–water partition coefficient (Wildman–Crippen LogP) is 2.07. The molecule has 1 amide bonds. The van der Waals surface area contributed by atoms with Crippen LogP contribution in [0.2, 0.25) is 0 Å². The standard InChI is InChI=1S/C13H22N4O/c1-3-5-11-15-12(17-16-11)13(18)14-10(4-2)8-9-6-7-9/h9-10H,3-8H2,1-2H3,(H,14,18)(H,15,16,17). The average Bonchev–Trinajstić information content (AvgIpc) is 3.05. The Hall–Kier alpha value is -1.39. The normalized spacial score (nSPS) is 16.6. The lowest BCUT2D eigenvalue weighted by Gasteiger charge is -2.15. The maximum Gasteiger partial charge on any atom is 0.291 e. The molecule has 0 spiro atoms. The van der Waals surface area contributed by atoms with Crippen LogP contribution in [0.15, 0.2) is 0 Å². The number of aromatic nitrogens is 3. The molecule has 2 rings (SSSR count). The maximum absolute atomic E-state index is 12.0. The van der Waals surface area contributed by atoms with Crippen LogP contribution in [-0.4, -0.2) is 27.1 Å². The number of aryl methyl sites for hydroxylation is 1. The fraction of sp³-hybridized carbons (Fsp3) is 0.769. The second kappa shape index (κ2) is 5.98. The number of carbonyl (C=O) groups is 1. The Kier molecular flexibility index (Phi) is 4.33. The Morgan fingerprint density at radius 1 is 1.50 bits per heavy atom. The summed E-state index contributed by atoms with van der Waals surface area (Å²) in [4.78, 5) is 16.2. The predicted molar refractivity (Wildman–Crippen MR) is 69.3 cm³/mol. The molecule has 2 N–H and O–H groups in total. The van der Waals surface area contributed by atoms with Crippen molar-refractivity contribution >= 4 is 5.91 Å². The van der Waals surface area contributed by atoms with E-state index in [9.17, 15) is 4.79 Å². The van der Waals surface area contributed by atoms with Crippen molar-refractivity contribution in [1.29, 1.82) is 0 Å². The number of H-pyrrole nitrogens is 1. The molecular formula is C13H22N4O. The zero-order valence-electron chi connectivity index (χ0n) is 11.2. The lowest BCUT2D eigenvalue weighted by molar-refractivity contribution is 0.0922. The van der Waals surface area contributed by atoms with E-state index >= 15 is 0 Å². The lowest BCUT2D eigenvalue weighted by Crippen LogP contribution is -2.35. The van der Waals surface area contributed by atoms with Crippen molar-refractivity contribution in [3.63, 3.8) is 0 Å². The molecule has 1 heterocycles. The summed E-state index contributed by atoms with van der Waals surface area (Å²) in [5, 5.41) is 9.80. The highest BCUT2D eigenvalue weighted by molar-refractivity contribution is 5.90. The van der Waals surface area contributed by atoms with Gasteiger partial charge in [0.25, 0.3) is 5.91 Å². The van der Waals surface area contributed by atoms with E-state index in [1.165, 1.54) is 12.8 Å². The molecule has 0 aromatic carbocycles.